The molecule has 19 rings (SSSR count). The van der Waals surface area contributed by atoms with Crippen LogP contribution >= 0.6 is 22.7 Å². The Morgan fingerprint density at radius 1 is 0.310 bits per heavy atom. The maximum atomic E-state index is 7.35. The standard InChI is InChI=1S/C74H42B2N2O4S2/c1-5-17-47(18-6-1)77-61-42-62-60(41-59(61)75-57-25-13-15-27-65(57)81-71-69(75)63(77)39-55-53-35-45-33-51(79-49-21-9-3-10-22-49)31-29-43(45)37-67(53)83-73(55)71)76-58-26-14-16-28-66(58)82-72-70(76)64(78(62)48-19-7-2-8-20-48)40-56-54-36-46-34-52(80-50-23-11-4-12-24-50)32-30-44(46)38-68(54)84-74(56)72/h1-42H. The van der Waals surface area contributed by atoms with Crippen molar-refractivity contribution in [2.75, 3.05) is 9.80 Å². The molecule has 0 radical (unpaired) electrons. The molecule has 0 saturated carbocycles. The van der Waals surface area contributed by atoms with Crippen molar-refractivity contribution in [1.29, 1.82) is 0 Å². The third-order valence-corrected chi connectivity index (χ3v) is 19.9. The summed E-state index contributed by atoms with van der Waals surface area (Å²) in [6.07, 6.45) is 0. The number of fused-ring (bicyclic) bond motifs is 18. The molecule has 0 saturated heterocycles. The van der Waals surface area contributed by atoms with E-state index in [4.69, 9.17) is 18.9 Å². The number of hydrogen-bond acceptors (Lipinski definition) is 8. The highest BCUT2D eigenvalue weighted by Crippen LogP contribution is 2.53. The minimum Gasteiger partial charge on any atom is -0.457 e. The van der Waals surface area contributed by atoms with Gasteiger partial charge < -0.3 is 28.7 Å². The Balaban J connectivity index is 0.869. The molecular weight excluding hydrogens is 1070 g/mol. The summed E-state index contributed by atoms with van der Waals surface area (Å²) < 4.78 is 32.2. The van der Waals surface area contributed by atoms with E-state index in [-0.39, 0.29) is 13.4 Å². The third-order valence-electron chi connectivity index (χ3n) is 17.5. The molecule has 4 aliphatic rings. The summed E-state index contributed by atoms with van der Waals surface area (Å²) >= 11 is 3.64. The highest BCUT2D eigenvalue weighted by Gasteiger charge is 2.48. The lowest BCUT2D eigenvalue weighted by Gasteiger charge is -2.44. The van der Waals surface area contributed by atoms with Crippen molar-refractivity contribution in [3.63, 3.8) is 0 Å². The molecular formula is C74H42B2N2O4S2. The fourth-order valence-electron chi connectivity index (χ4n) is 13.9. The predicted molar refractivity (Wildman–Crippen MR) is 352 cm³/mol. The lowest BCUT2D eigenvalue weighted by Crippen LogP contribution is -2.63. The first-order valence-corrected chi connectivity index (χ1v) is 30.0. The Morgan fingerprint density at radius 3 is 1.18 bits per heavy atom. The maximum Gasteiger partial charge on any atom is 0.256 e. The molecule has 15 aromatic rings. The highest BCUT2D eigenvalue weighted by atomic mass is 32.1. The summed E-state index contributed by atoms with van der Waals surface area (Å²) in [5.74, 6) is 6.82. The van der Waals surface area contributed by atoms with Crippen LogP contribution in [0.4, 0.5) is 34.1 Å². The molecule has 0 amide bonds. The molecule has 0 N–H and O–H groups in total. The number of rotatable bonds is 6. The molecule has 0 bridgehead atoms. The van der Waals surface area contributed by atoms with Crippen LogP contribution in [0, 0.1) is 0 Å². The van der Waals surface area contributed by atoms with E-state index in [1.165, 1.54) is 42.0 Å². The lowest BCUT2D eigenvalue weighted by molar-refractivity contribution is 0.483. The summed E-state index contributed by atoms with van der Waals surface area (Å²) in [5.41, 5.74) is 13.7. The van der Waals surface area contributed by atoms with Gasteiger partial charge in [0.2, 0.25) is 0 Å². The Kier molecular flexibility index (Phi) is 9.73. The number of hydrogen-bond donors (Lipinski definition) is 0. The van der Waals surface area contributed by atoms with Gasteiger partial charge in [-0.2, -0.15) is 0 Å². The van der Waals surface area contributed by atoms with Gasteiger partial charge in [0.25, 0.3) is 13.4 Å². The van der Waals surface area contributed by atoms with E-state index in [0.29, 0.717) is 0 Å². The Morgan fingerprint density at radius 2 is 0.726 bits per heavy atom. The van der Waals surface area contributed by atoms with Gasteiger partial charge in [-0.05, 0) is 182 Å². The van der Waals surface area contributed by atoms with E-state index < -0.39 is 0 Å². The van der Waals surface area contributed by atoms with E-state index in [1.807, 2.05) is 83.3 Å². The van der Waals surface area contributed by atoms with Crippen molar-refractivity contribution >= 4 is 165 Å². The number of anilines is 6. The number of para-hydroxylation sites is 6. The van der Waals surface area contributed by atoms with E-state index in [2.05, 4.69) is 204 Å². The zero-order valence-corrected chi connectivity index (χ0v) is 46.4. The molecule has 84 heavy (non-hydrogen) atoms. The number of thiophene rings is 2. The van der Waals surface area contributed by atoms with Crippen LogP contribution in [0.2, 0.25) is 0 Å². The highest BCUT2D eigenvalue weighted by molar-refractivity contribution is 7.27. The molecule has 0 spiro atoms. The monoisotopic (exact) mass is 1110 g/mol. The average molecular weight is 1110 g/mol. The molecule has 4 aliphatic heterocycles. The molecule has 6 nitrogen and oxygen atoms in total. The van der Waals surface area contributed by atoms with Gasteiger partial charge in [0, 0.05) is 65.1 Å². The van der Waals surface area contributed by atoms with Crippen LogP contribution in [0.15, 0.2) is 255 Å². The number of benzene rings is 13. The molecule has 0 aliphatic carbocycles. The van der Waals surface area contributed by atoms with Gasteiger partial charge in [0.05, 0.1) is 9.40 Å². The molecule has 0 fully saturated rings. The lowest BCUT2D eigenvalue weighted by atomic mass is 9.31. The van der Waals surface area contributed by atoms with E-state index in [0.717, 1.165) is 133 Å². The van der Waals surface area contributed by atoms with Crippen LogP contribution in [0.5, 0.6) is 46.0 Å². The molecule has 390 valence electrons. The normalized spacial score (nSPS) is 13.3. The minimum atomic E-state index is -0.148. The predicted octanol–water partition coefficient (Wildman–Crippen LogP) is 17.1. The summed E-state index contributed by atoms with van der Waals surface area (Å²) in [6.45, 7) is -0.295. The average Bonchev–Trinajstić information content (AvgIpc) is 2.04. The fraction of sp³-hybridized carbons (Fsp3) is 0. The fourth-order valence-corrected chi connectivity index (χ4v) is 16.4. The van der Waals surface area contributed by atoms with Gasteiger partial charge in [0.15, 0.2) is 0 Å². The smallest absolute Gasteiger partial charge is 0.256 e. The Labute approximate surface area is 491 Å². The topological polar surface area (TPSA) is 43.4 Å². The third kappa shape index (κ3) is 6.80. The van der Waals surface area contributed by atoms with Crippen molar-refractivity contribution in [3.8, 4) is 46.0 Å². The van der Waals surface area contributed by atoms with Crippen LogP contribution in [-0.4, -0.2) is 13.4 Å². The molecule has 0 unspecified atom stereocenters. The quantitative estimate of drug-likeness (QED) is 0.155. The SMILES string of the molecule is c1ccc(Oc2ccc3cc4sc5c6c7c(cc5c4cc3c2)N(c2ccccc2)c2cc3c(cc2B7c2ccccc2O6)B2c4ccccc4Oc4c2c(cc2c4sc4cc5ccc(Oc6ccccc6)cc5cc42)N3c2ccccc2)cc1. The second-order valence-corrected chi connectivity index (χ2v) is 24.3. The van der Waals surface area contributed by atoms with E-state index in [9.17, 15) is 0 Å². The summed E-state index contributed by atoms with van der Waals surface area (Å²) in [5, 5.41) is 9.24. The van der Waals surface area contributed by atoms with Gasteiger partial charge in [-0.15, -0.1) is 22.7 Å². The Hall–Kier alpha value is -10.3. The number of nitrogens with zero attached hydrogens (tertiary/aromatic N) is 2. The largest absolute Gasteiger partial charge is 0.457 e. The van der Waals surface area contributed by atoms with E-state index in [1.54, 1.807) is 0 Å². The minimum absolute atomic E-state index is 0.148. The van der Waals surface area contributed by atoms with Crippen molar-refractivity contribution in [3.05, 3.63) is 255 Å². The van der Waals surface area contributed by atoms with Crippen molar-refractivity contribution < 1.29 is 18.9 Å². The van der Waals surface area contributed by atoms with Gasteiger partial charge in [-0.25, -0.2) is 0 Å². The van der Waals surface area contributed by atoms with Crippen molar-refractivity contribution in [2.24, 2.45) is 0 Å². The van der Waals surface area contributed by atoms with Crippen LogP contribution in [-0.2, 0) is 0 Å². The maximum absolute atomic E-state index is 7.35. The summed E-state index contributed by atoms with van der Waals surface area (Å²) in [6, 6.07) is 91.3. The number of ether oxygens (including phenoxy) is 4. The first-order chi connectivity index (χ1) is 41.6. The molecule has 0 atom stereocenters. The van der Waals surface area contributed by atoms with Gasteiger partial charge in [-0.1, -0.05) is 127 Å². The second-order valence-electron chi connectivity index (χ2n) is 22.2. The van der Waals surface area contributed by atoms with Crippen molar-refractivity contribution in [2.45, 2.75) is 0 Å². The van der Waals surface area contributed by atoms with Crippen molar-refractivity contribution in [1.82, 2.24) is 0 Å². The van der Waals surface area contributed by atoms with Crippen LogP contribution in [0.25, 0.3) is 61.9 Å². The van der Waals surface area contributed by atoms with Crippen LogP contribution < -0.4 is 61.5 Å². The van der Waals surface area contributed by atoms with Crippen LogP contribution in [0.1, 0.15) is 0 Å². The van der Waals surface area contributed by atoms with Gasteiger partial charge in [0.1, 0.15) is 46.0 Å². The van der Waals surface area contributed by atoms with Gasteiger partial charge >= 0.3 is 0 Å². The van der Waals surface area contributed by atoms with E-state index >= 15 is 0 Å². The zero-order valence-electron chi connectivity index (χ0n) is 44.7. The molecule has 6 heterocycles. The first kappa shape index (κ1) is 46.4. The van der Waals surface area contributed by atoms with Gasteiger partial charge in [-0.3, -0.25) is 0 Å². The zero-order chi connectivity index (χ0) is 54.7. The van der Waals surface area contributed by atoms with Crippen LogP contribution in [0.3, 0.4) is 0 Å². The summed E-state index contributed by atoms with van der Waals surface area (Å²) in [4.78, 5) is 5.02. The Bertz CT molecular complexity index is 4980. The summed E-state index contributed by atoms with van der Waals surface area (Å²) in [7, 11) is 0. The molecule has 13 aromatic carbocycles. The molecule has 10 heteroatoms. The second kappa shape index (κ2) is 17.6. The molecule has 2 aromatic heterocycles. The first-order valence-electron chi connectivity index (χ1n) is 28.4.